The summed E-state index contributed by atoms with van der Waals surface area (Å²) >= 11 is 0. The fourth-order valence-electron chi connectivity index (χ4n) is 2.25. The number of carbonyl (C=O) groups is 3. The van der Waals surface area contributed by atoms with Gasteiger partial charge in [-0.25, -0.2) is 4.79 Å². The molecule has 1 saturated carbocycles. The number of rotatable bonds is 4. The molecule has 3 amide bonds. The Labute approximate surface area is 131 Å². The smallest absolute Gasteiger partial charge is 0.407 e. The van der Waals surface area contributed by atoms with Crippen molar-refractivity contribution in [2.75, 3.05) is 6.54 Å². The molecule has 7 nitrogen and oxygen atoms in total. The van der Waals surface area contributed by atoms with Gasteiger partial charge in [-0.05, 0) is 33.6 Å². The Kier molecular flexibility index (Phi) is 7.14. The molecule has 0 aliphatic heterocycles. The van der Waals surface area contributed by atoms with E-state index in [1.165, 1.54) is 6.42 Å². The van der Waals surface area contributed by atoms with E-state index in [0.717, 1.165) is 25.7 Å². The number of ether oxygens (including phenoxy) is 1. The molecule has 22 heavy (non-hydrogen) atoms. The van der Waals surface area contributed by atoms with Crippen LogP contribution in [0, 0.1) is 5.92 Å². The van der Waals surface area contributed by atoms with Crippen molar-refractivity contribution >= 4 is 17.9 Å². The van der Waals surface area contributed by atoms with Gasteiger partial charge in [0.1, 0.15) is 5.60 Å². The standard InChI is InChI=1S/C15H27N3O4/c1-15(2,3)22-14(21)16-10-9-12(19)17-18-13(20)11-7-5-4-6-8-11/h11H,4-10H2,1-3H3,(H,16,21)(H,17,19)(H,18,20). The summed E-state index contributed by atoms with van der Waals surface area (Å²) in [5, 5.41) is 2.49. The van der Waals surface area contributed by atoms with Crippen LogP contribution in [0.3, 0.4) is 0 Å². The van der Waals surface area contributed by atoms with Gasteiger partial charge in [-0.2, -0.15) is 0 Å². The lowest BCUT2D eigenvalue weighted by atomic mass is 9.89. The van der Waals surface area contributed by atoms with Gasteiger partial charge in [-0.3, -0.25) is 20.4 Å². The van der Waals surface area contributed by atoms with Gasteiger partial charge >= 0.3 is 6.09 Å². The van der Waals surface area contributed by atoms with Crippen molar-refractivity contribution in [3.05, 3.63) is 0 Å². The Morgan fingerprint density at radius 1 is 1.05 bits per heavy atom. The fraction of sp³-hybridized carbons (Fsp3) is 0.800. The first-order chi connectivity index (χ1) is 10.3. The van der Waals surface area contributed by atoms with Crippen molar-refractivity contribution in [2.45, 2.75) is 64.9 Å². The minimum absolute atomic E-state index is 0.00561. The number of alkyl carbamates (subject to hydrolysis) is 1. The summed E-state index contributed by atoms with van der Waals surface area (Å²) in [4.78, 5) is 34.8. The average molecular weight is 313 g/mol. The lowest BCUT2D eigenvalue weighted by Gasteiger charge is -2.21. The first-order valence-corrected chi connectivity index (χ1v) is 7.83. The van der Waals surface area contributed by atoms with E-state index in [-0.39, 0.29) is 30.7 Å². The highest BCUT2D eigenvalue weighted by molar-refractivity contribution is 5.83. The van der Waals surface area contributed by atoms with Gasteiger partial charge in [0.2, 0.25) is 11.8 Å². The van der Waals surface area contributed by atoms with Crippen molar-refractivity contribution in [2.24, 2.45) is 5.92 Å². The molecular weight excluding hydrogens is 286 g/mol. The molecule has 7 heteroatoms. The van der Waals surface area contributed by atoms with Crippen LogP contribution in [0.25, 0.3) is 0 Å². The van der Waals surface area contributed by atoms with Gasteiger partial charge < -0.3 is 10.1 Å². The molecule has 0 heterocycles. The maximum atomic E-state index is 11.8. The largest absolute Gasteiger partial charge is 0.444 e. The Morgan fingerprint density at radius 3 is 2.27 bits per heavy atom. The zero-order chi connectivity index (χ0) is 16.6. The van der Waals surface area contributed by atoms with Crippen LogP contribution in [-0.4, -0.2) is 30.1 Å². The fourth-order valence-corrected chi connectivity index (χ4v) is 2.25. The minimum Gasteiger partial charge on any atom is -0.444 e. The molecule has 0 atom stereocenters. The van der Waals surface area contributed by atoms with Crippen molar-refractivity contribution < 1.29 is 19.1 Å². The second-order valence-electron chi connectivity index (χ2n) is 6.55. The number of hydrazine groups is 1. The molecule has 0 unspecified atom stereocenters. The van der Waals surface area contributed by atoms with Crippen molar-refractivity contribution in [1.29, 1.82) is 0 Å². The normalized spacial score (nSPS) is 15.8. The van der Waals surface area contributed by atoms with Crippen molar-refractivity contribution in [1.82, 2.24) is 16.2 Å². The second-order valence-corrected chi connectivity index (χ2v) is 6.55. The van der Waals surface area contributed by atoms with Crippen LogP contribution in [-0.2, 0) is 14.3 Å². The second kappa shape index (κ2) is 8.60. The Balaban J connectivity index is 2.13. The third-order valence-electron chi connectivity index (χ3n) is 3.32. The Hall–Kier alpha value is -1.79. The number of carbonyl (C=O) groups excluding carboxylic acids is 3. The van der Waals surface area contributed by atoms with Gasteiger partial charge in [-0.15, -0.1) is 0 Å². The van der Waals surface area contributed by atoms with Gasteiger partial charge in [0.25, 0.3) is 0 Å². The zero-order valence-electron chi connectivity index (χ0n) is 13.7. The molecule has 0 radical (unpaired) electrons. The highest BCUT2D eigenvalue weighted by Gasteiger charge is 2.21. The highest BCUT2D eigenvalue weighted by Crippen LogP contribution is 2.23. The third kappa shape index (κ3) is 7.85. The van der Waals surface area contributed by atoms with Crippen LogP contribution >= 0.6 is 0 Å². The number of nitrogens with one attached hydrogen (secondary N) is 3. The van der Waals surface area contributed by atoms with E-state index >= 15 is 0 Å². The molecular formula is C15H27N3O4. The third-order valence-corrected chi connectivity index (χ3v) is 3.32. The van der Waals surface area contributed by atoms with Crippen LogP contribution in [0.15, 0.2) is 0 Å². The number of hydrogen-bond acceptors (Lipinski definition) is 4. The van der Waals surface area contributed by atoms with Crippen LogP contribution in [0.2, 0.25) is 0 Å². The summed E-state index contributed by atoms with van der Waals surface area (Å²) in [5.41, 5.74) is 4.25. The zero-order valence-corrected chi connectivity index (χ0v) is 13.7. The molecule has 126 valence electrons. The molecule has 1 fully saturated rings. The maximum absolute atomic E-state index is 11.8. The molecule has 0 saturated heterocycles. The van der Waals surface area contributed by atoms with Gasteiger partial charge in [0.05, 0.1) is 0 Å². The average Bonchev–Trinajstić information content (AvgIpc) is 2.43. The monoisotopic (exact) mass is 313 g/mol. The molecule has 0 bridgehead atoms. The summed E-state index contributed by atoms with van der Waals surface area (Å²) in [6, 6.07) is 0. The highest BCUT2D eigenvalue weighted by atomic mass is 16.6. The van der Waals surface area contributed by atoms with Gasteiger partial charge in [0.15, 0.2) is 0 Å². The van der Waals surface area contributed by atoms with E-state index in [0.29, 0.717) is 0 Å². The van der Waals surface area contributed by atoms with E-state index in [9.17, 15) is 14.4 Å². The van der Waals surface area contributed by atoms with E-state index < -0.39 is 11.7 Å². The lowest BCUT2D eigenvalue weighted by molar-refractivity contribution is -0.131. The number of hydrogen-bond donors (Lipinski definition) is 3. The van der Waals surface area contributed by atoms with E-state index in [2.05, 4.69) is 16.2 Å². The lowest BCUT2D eigenvalue weighted by Crippen LogP contribution is -2.45. The topological polar surface area (TPSA) is 96.5 Å². The first kappa shape index (κ1) is 18.3. The van der Waals surface area contributed by atoms with E-state index in [1.54, 1.807) is 20.8 Å². The van der Waals surface area contributed by atoms with E-state index in [1.807, 2.05) is 0 Å². The summed E-state index contributed by atoms with van der Waals surface area (Å²) in [6.45, 7) is 5.44. The van der Waals surface area contributed by atoms with E-state index in [4.69, 9.17) is 4.74 Å². The molecule has 0 spiro atoms. The molecule has 0 aromatic carbocycles. The van der Waals surface area contributed by atoms with Gasteiger partial charge in [0, 0.05) is 18.9 Å². The molecule has 1 rings (SSSR count). The molecule has 0 aromatic heterocycles. The minimum atomic E-state index is -0.569. The summed E-state index contributed by atoms with van der Waals surface area (Å²) in [5.74, 6) is -0.484. The van der Waals surface area contributed by atoms with Gasteiger partial charge in [-0.1, -0.05) is 19.3 Å². The quantitative estimate of drug-likeness (QED) is 0.687. The van der Waals surface area contributed by atoms with Crippen molar-refractivity contribution in [3.63, 3.8) is 0 Å². The summed E-state index contributed by atoms with van der Waals surface area (Å²) in [7, 11) is 0. The Bertz CT molecular complexity index is 398. The van der Waals surface area contributed by atoms with Crippen molar-refractivity contribution in [3.8, 4) is 0 Å². The van der Waals surface area contributed by atoms with Crippen LogP contribution in [0.4, 0.5) is 4.79 Å². The predicted octanol–water partition coefficient (Wildman–Crippen LogP) is 1.63. The maximum Gasteiger partial charge on any atom is 0.407 e. The molecule has 1 aliphatic carbocycles. The van der Waals surface area contributed by atoms with Crippen LogP contribution < -0.4 is 16.2 Å². The molecule has 1 aliphatic rings. The SMILES string of the molecule is CC(C)(C)OC(=O)NCCC(=O)NNC(=O)C1CCCCC1. The predicted molar refractivity (Wildman–Crippen MR) is 81.7 cm³/mol. The summed E-state index contributed by atoms with van der Waals surface area (Å²) < 4.78 is 5.05. The molecule has 3 N–H and O–H groups in total. The van der Waals surface area contributed by atoms with Crippen LogP contribution in [0.5, 0.6) is 0 Å². The Morgan fingerprint density at radius 2 is 1.68 bits per heavy atom. The molecule has 0 aromatic rings. The number of amides is 3. The van der Waals surface area contributed by atoms with Crippen LogP contribution in [0.1, 0.15) is 59.3 Å². The first-order valence-electron chi connectivity index (χ1n) is 7.83. The summed E-state index contributed by atoms with van der Waals surface area (Å²) in [6.07, 6.45) is 4.56.